The third-order valence-electron chi connectivity index (χ3n) is 8.13. The number of hydrogen-bond donors (Lipinski definition) is 1. The lowest BCUT2D eigenvalue weighted by Crippen LogP contribution is -2.08. The molecule has 2 atom stereocenters. The van der Waals surface area contributed by atoms with Gasteiger partial charge in [-0.05, 0) is 109 Å². The molecule has 0 aliphatic heterocycles. The van der Waals surface area contributed by atoms with Gasteiger partial charge in [0, 0.05) is 6.42 Å². The zero-order valence-electron chi connectivity index (χ0n) is 24.4. The van der Waals surface area contributed by atoms with E-state index in [1.54, 1.807) is 18.4 Å². The highest BCUT2D eigenvalue weighted by Crippen LogP contribution is 2.31. The molecule has 0 saturated heterocycles. The molecular formula is C37H44O3. The van der Waals surface area contributed by atoms with Gasteiger partial charge in [-0.3, -0.25) is 4.79 Å². The first kappa shape index (κ1) is 29.6. The van der Waals surface area contributed by atoms with Crippen LogP contribution in [0.3, 0.4) is 0 Å². The van der Waals surface area contributed by atoms with Crippen LogP contribution in [-0.2, 0) is 25.7 Å². The molecular weight excluding hydrogens is 492 g/mol. The van der Waals surface area contributed by atoms with Crippen LogP contribution in [0.15, 0.2) is 89.5 Å². The van der Waals surface area contributed by atoms with Gasteiger partial charge < -0.3 is 9.52 Å². The second-order valence-corrected chi connectivity index (χ2v) is 11.1. The molecule has 3 aromatic carbocycles. The second kappa shape index (κ2) is 14.8. The fourth-order valence-corrected chi connectivity index (χ4v) is 5.82. The summed E-state index contributed by atoms with van der Waals surface area (Å²) in [6, 6.07) is 27.0. The number of carbonyl (C=O) groups is 1. The fourth-order valence-electron chi connectivity index (χ4n) is 5.82. The van der Waals surface area contributed by atoms with E-state index in [2.05, 4.69) is 75.4 Å². The summed E-state index contributed by atoms with van der Waals surface area (Å²) in [7, 11) is 0. The first-order valence-corrected chi connectivity index (χ1v) is 15.0. The van der Waals surface area contributed by atoms with Gasteiger partial charge in [0.05, 0.1) is 12.4 Å². The number of aliphatic hydroxyl groups excluding tert-OH is 1. The predicted octanol–water partition coefficient (Wildman–Crippen LogP) is 9.15. The van der Waals surface area contributed by atoms with Crippen LogP contribution < -0.4 is 0 Å². The first-order valence-electron chi connectivity index (χ1n) is 15.0. The molecule has 40 heavy (non-hydrogen) atoms. The Morgan fingerprint density at radius 3 is 2.40 bits per heavy atom. The number of carbonyl (C=O) groups excluding carboxylic acids is 1. The lowest BCUT2D eigenvalue weighted by Gasteiger charge is -2.20. The van der Waals surface area contributed by atoms with Crippen LogP contribution in [-0.4, -0.2) is 10.9 Å². The highest BCUT2D eigenvalue weighted by Gasteiger charge is 2.17. The molecule has 3 nitrogen and oxygen atoms in total. The van der Waals surface area contributed by atoms with Crippen LogP contribution >= 0.6 is 0 Å². The molecule has 4 aromatic rings. The molecule has 0 spiro atoms. The largest absolute Gasteiger partial charge is 0.461 e. The van der Waals surface area contributed by atoms with Crippen molar-refractivity contribution in [1.29, 1.82) is 0 Å². The number of benzene rings is 3. The molecule has 0 aliphatic rings. The van der Waals surface area contributed by atoms with Crippen LogP contribution in [0.4, 0.5) is 0 Å². The Bertz CT molecular complexity index is 1350. The van der Waals surface area contributed by atoms with E-state index in [1.165, 1.54) is 34.2 Å². The Hall–Kier alpha value is -3.43. The summed E-state index contributed by atoms with van der Waals surface area (Å²) in [5, 5.41) is 11.1. The van der Waals surface area contributed by atoms with Crippen molar-refractivity contribution in [3.8, 4) is 0 Å². The Labute approximate surface area is 240 Å². The Morgan fingerprint density at radius 2 is 1.65 bits per heavy atom. The summed E-state index contributed by atoms with van der Waals surface area (Å²) in [6.45, 7) is 6.63. The SMILES string of the molecule is CCCC(CCCc1ccc(C(O)CCc2cccc(CC)c2)cc1CC(=O)c1ccco1)c1ccccc1C. The molecule has 0 saturated carbocycles. The summed E-state index contributed by atoms with van der Waals surface area (Å²) in [4.78, 5) is 13.0. The maximum atomic E-state index is 13.0. The highest BCUT2D eigenvalue weighted by molar-refractivity contribution is 5.95. The molecule has 1 N–H and O–H groups in total. The van der Waals surface area contributed by atoms with Crippen molar-refractivity contribution in [3.05, 3.63) is 130 Å². The van der Waals surface area contributed by atoms with Gasteiger partial charge in [-0.2, -0.15) is 0 Å². The molecule has 1 heterocycles. The third kappa shape index (κ3) is 8.05. The van der Waals surface area contributed by atoms with Crippen molar-refractivity contribution < 1.29 is 14.3 Å². The maximum absolute atomic E-state index is 13.0. The van der Waals surface area contributed by atoms with Gasteiger partial charge in [0.1, 0.15) is 0 Å². The average Bonchev–Trinajstić information content (AvgIpc) is 3.52. The van der Waals surface area contributed by atoms with E-state index < -0.39 is 6.10 Å². The summed E-state index contributed by atoms with van der Waals surface area (Å²) >= 11 is 0. The Balaban J connectivity index is 1.48. The van der Waals surface area contributed by atoms with E-state index in [-0.39, 0.29) is 12.2 Å². The van der Waals surface area contributed by atoms with Crippen molar-refractivity contribution in [2.75, 3.05) is 0 Å². The minimum atomic E-state index is -0.577. The minimum absolute atomic E-state index is 0.0296. The normalized spacial score (nSPS) is 12.8. The first-order chi connectivity index (χ1) is 19.5. The molecule has 0 amide bonds. The van der Waals surface area contributed by atoms with Gasteiger partial charge in [-0.1, -0.05) is 87.0 Å². The van der Waals surface area contributed by atoms with Gasteiger partial charge in [0.2, 0.25) is 5.78 Å². The third-order valence-corrected chi connectivity index (χ3v) is 8.13. The van der Waals surface area contributed by atoms with Crippen molar-refractivity contribution in [2.45, 2.75) is 90.6 Å². The number of aryl methyl sites for hydroxylation is 4. The highest BCUT2D eigenvalue weighted by atomic mass is 16.3. The van der Waals surface area contributed by atoms with E-state index in [0.717, 1.165) is 49.7 Å². The van der Waals surface area contributed by atoms with Crippen LogP contribution in [0, 0.1) is 6.92 Å². The van der Waals surface area contributed by atoms with Gasteiger partial charge in [-0.25, -0.2) is 0 Å². The van der Waals surface area contributed by atoms with Crippen molar-refractivity contribution in [3.63, 3.8) is 0 Å². The van der Waals surface area contributed by atoms with E-state index >= 15 is 0 Å². The Kier molecular flexibility index (Phi) is 10.9. The van der Waals surface area contributed by atoms with Crippen LogP contribution in [0.25, 0.3) is 0 Å². The molecule has 0 bridgehead atoms. The van der Waals surface area contributed by atoms with Gasteiger partial charge in [0.15, 0.2) is 5.76 Å². The van der Waals surface area contributed by atoms with Crippen molar-refractivity contribution >= 4 is 5.78 Å². The number of Topliss-reactive ketones (excluding diaryl/α,β-unsaturated/α-hetero) is 1. The number of furan rings is 1. The van der Waals surface area contributed by atoms with E-state index in [0.29, 0.717) is 18.1 Å². The summed E-state index contributed by atoms with van der Waals surface area (Å²) in [6.07, 6.45) is 9.14. The number of aliphatic hydroxyl groups is 1. The summed E-state index contributed by atoms with van der Waals surface area (Å²) in [5.74, 6) is 0.903. The molecule has 0 fully saturated rings. The number of rotatable bonds is 15. The van der Waals surface area contributed by atoms with Gasteiger partial charge in [-0.15, -0.1) is 0 Å². The molecule has 0 aliphatic carbocycles. The number of ketones is 1. The van der Waals surface area contributed by atoms with Crippen LogP contribution in [0.2, 0.25) is 0 Å². The van der Waals surface area contributed by atoms with Crippen LogP contribution in [0.5, 0.6) is 0 Å². The molecule has 210 valence electrons. The minimum Gasteiger partial charge on any atom is -0.461 e. The zero-order chi connectivity index (χ0) is 28.3. The smallest absolute Gasteiger partial charge is 0.202 e. The number of hydrogen-bond acceptors (Lipinski definition) is 3. The van der Waals surface area contributed by atoms with E-state index in [4.69, 9.17) is 4.42 Å². The molecule has 4 rings (SSSR count). The van der Waals surface area contributed by atoms with Crippen molar-refractivity contribution in [1.82, 2.24) is 0 Å². The monoisotopic (exact) mass is 536 g/mol. The lowest BCUT2D eigenvalue weighted by atomic mass is 9.85. The summed E-state index contributed by atoms with van der Waals surface area (Å²) < 4.78 is 5.39. The maximum Gasteiger partial charge on any atom is 0.202 e. The van der Waals surface area contributed by atoms with Gasteiger partial charge in [0.25, 0.3) is 0 Å². The quantitative estimate of drug-likeness (QED) is 0.154. The molecule has 0 radical (unpaired) electrons. The standard InChI is InChI=1S/C37H44O3/c1-4-11-31(34-17-7-6-12-27(34)3)16-9-15-30-20-21-32(25-33(30)26-36(39)37-18-10-23-40-37)35(38)22-19-29-14-8-13-28(5-2)24-29/h6-8,10,12-14,17-18,20-21,23-25,31,35,38H,4-5,9,11,15-16,19,22,26H2,1-3H3. The summed E-state index contributed by atoms with van der Waals surface area (Å²) in [5.41, 5.74) is 8.45. The Morgan fingerprint density at radius 1 is 0.825 bits per heavy atom. The molecule has 1 aromatic heterocycles. The van der Waals surface area contributed by atoms with Crippen LogP contribution in [0.1, 0.15) is 107 Å². The van der Waals surface area contributed by atoms with E-state index in [9.17, 15) is 9.90 Å². The molecule has 3 heteroatoms. The topological polar surface area (TPSA) is 50.4 Å². The van der Waals surface area contributed by atoms with Gasteiger partial charge >= 0.3 is 0 Å². The van der Waals surface area contributed by atoms with Crippen molar-refractivity contribution in [2.24, 2.45) is 0 Å². The van der Waals surface area contributed by atoms with E-state index in [1.807, 2.05) is 12.1 Å². The average molecular weight is 537 g/mol. The zero-order valence-corrected chi connectivity index (χ0v) is 24.4. The fraction of sp³-hybridized carbons (Fsp3) is 0.378. The lowest BCUT2D eigenvalue weighted by molar-refractivity contribution is 0.0966. The predicted molar refractivity (Wildman–Crippen MR) is 164 cm³/mol. The molecule has 2 unspecified atom stereocenters. The second-order valence-electron chi connectivity index (χ2n) is 11.1.